The molecule has 0 bridgehead atoms. The van der Waals surface area contributed by atoms with E-state index in [9.17, 15) is 0 Å². The monoisotopic (exact) mass is 391 g/mol. The van der Waals surface area contributed by atoms with Crippen LogP contribution in [0.5, 0.6) is 11.5 Å². The predicted molar refractivity (Wildman–Crippen MR) is 117 cm³/mol. The summed E-state index contributed by atoms with van der Waals surface area (Å²) in [5.74, 6) is 1.61. The molecule has 0 saturated carbocycles. The average molecular weight is 392 g/mol. The van der Waals surface area contributed by atoms with E-state index in [4.69, 9.17) is 14.5 Å². The molecule has 3 aromatic rings. The smallest absolute Gasteiger partial charge is 0.161 e. The Bertz CT molecular complexity index is 987. The number of methoxy groups -OCH3 is 1. The highest BCUT2D eigenvalue weighted by molar-refractivity contribution is 5.78. The minimum atomic E-state index is 0.0541. The molecule has 0 aliphatic carbocycles. The van der Waals surface area contributed by atoms with Gasteiger partial charge in [-0.15, -0.1) is 0 Å². The van der Waals surface area contributed by atoms with Crippen LogP contribution in [0.4, 0.5) is 0 Å². The van der Waals surface area contributed by atoms with Crippen molar-refractivity contribution in [3.05, 3.63) is 65.4 Å². The van der Waals surface area contributed by atoms with E-state index in [-0.39, 0.29) is 6.04 Å². The van der Waals surface area contributed by atoms with E-state index in [1.54, 1.807) is 7.11 Å². The summed E-state index contributed by atoms with van der Waals surface area (Å²) in [4.78, 5) is 7.09. The number of nitrogens with one attached hydrogen (secondary N) is 1. The molecular formula is C24H29N3O2. The van der Waals surface area contributed by atoms with E-state index in [0.29, 0.717) is 6.61 Å². The highest BCUT2D eigenvalue weighted by Crippen LogP contribution is 2.37. The quantitative estimate of drug-likeness (QED) is 0.621. The number of fused-ring (bicyclic) bond motifs is 2. The summed E-state index contributed by atoms with van der Waals surface area (Å²) in [6.45, 7) is 2.58. The minimum absolute atomic E-state index is 0.0541. The molecule has 5 nitrogen and oxygen atoms in total. The Kier molecular flexibility index (Phi) is 5.97. The zero-order chi connectivity index (χ0) is 20.2. The second-order valence-electron chi connectivity index (χ2n) is 7.77. The van der Waals surface area contributed by atoms with Crippen LogP contribution in [-0.4, -0.2) is 50.8 Å². The highest BCUT2D eigenvalue weighted by Gasteiger charge is 2.25. The molecule has 0 amide bonds. The first-order valence-electron chi connectivity index (χ1n) is 10.2. The number of para-hydroxylation sites is 1. The third kappa shape index (κ3) is 4.36. The van der Waals surface area contributed by atoms with Crippen molar-refractivity contribution < 1.29 is 9.47 Å². The van der Waals surface area contributed by atoms with Crippen LogP contribution < -0.4 is 14.8 Å². The average Bonchev–Trinajstić information content (AvgIpc) is 2.75. The topological polar surface area (TPSA) is 46.6 Å². The number of nitrogens with zero attached hydrogens (tertiary/aromatic N) is 2. The number of hydrogen-bond acceptors (Lipinski definition) is 5. The fourth-order valence-corrected chi connectivity index (χ4v) is 3.91. The first kappa shape index (κ1) is 19.7. The van der Waals surface area contributed by atoms with Crippen LogP contribution in [-0.2, 0) is 6.42 Å². The fraction of sp³-hybridized carbons (Fsp3) is 0.375. The molecule has 1 unspecified atom stereocenters. The maximum Gasteiger partial charge on any atom is 0.161 e. The Morgan fingerprint density at radius 3 is 2.79 bits per heavy atom. The maximum atomic E-state index is 6.10. The summed E-state index contributed by atoms with van der Waals surface area (Å²) in [6.07, 6.45) is 1.94. The lowest BCUT2D eigenvalue weighted by Gasteiger charge is -2.28. The van der Waals surface area contributed by atoms with Gasteiger partial charge in [0.1, 0.15) is 0 Å². The van der Waals surface area contributed by atoms with Crippen LogP contribution in [0.1, 0.15) is 29.3 Å². The van der Waals surface area contributed by atoms with Crippen LogP contribution in [0.25, 0.3) is 10.9 Å². The Morgan fingerprint density at radius 1 is 1.10 bits per heavy atom. The highest BCUT2D eigenvalue weighted by atomic mass is 16.5. The van der Waals surface area contributed by atoms with Gasteiger partial charge < -0.3 is 19.7 Å². The molecule has 1 aliphatic heterocycles. The SMILES string of the molecule is COc1cc2c(cc1OCCCN(C)C)C(c1ccc3ccccc3n1)NCC2. The van der Waals surface area contributed by atoms with Gasteiger partial charge in [-0.3, -0.25) is 4.98 Å². The minimum Gasteiger partial charge on any atom is -0.493 e. The lowest BCUT2D eigenvalue weighted by molar-refractivity contribution is 0.267. The molecule has 0 radical (unpaired) electrons. The Labute approximate surface area is 172 Å². The second kappa shape index (κ2) is 8.80. The van der Waals surface area contributed by atoms with Crippen molar-refractivity contribution in [2.75, 3.05) is 40.9 Å². The zero-order valence-corrected chi connectivity index (χ0v) is 17.4. The molecule has 29 heavy (non-hydrogen) atoms. The molecule has 1 N–H and O–H groups in total. The molecule has 4 rings (SSSR count). The molecule has 0 saturated heterocycles. The van der Waals surface area contributed by atoms with Gasteiger partial charge in [0.15, 0.2) is 11.5 Å². The first-order chi connectivity index (χ1) is 14.2. The van der Waals surface area contributed by atoms with E-state index in [2.05, 4.69) is 60.7 Å². The predicted octanol–water partition coefficient (Wildman–Crippen LogP) is 3.81. The standard InChI is InChI=1S/C24H29N3O2/c1-27(2)13-6-14-29-23-16-19-18(15-22(23)28-3)11-12-25-24(19)21-10-9-17-7-4-5-8-20(17)26-21/h4-5,7-10,15-16,24-25H,6,11-14H2,1-3H3. The summed E-state index contributed by atoms with van der Waals surface area (Å²) in [5, 5.41) is 4.80. The number of pyridine rings is 1. The molecule has 5 heteroatoms. The number of ether oxygens (including phenoxy) is 2. The molecule has 2 heterocycles. The Balaban J connectivity index is 1.64. The van der Waals surface area contributed by atoms with Crippen molar-refractivity contribution in [2.45, 2.75) is 18.9 Å². The van der Waals surface area contributed by atoms with Gasteiger partial charge in [0.2, 0.25) is 0 Å². The van der Waals surface area contributed by atoms with E-state index in [0.717, 1.165) is 54.0 Å². The third-order valence-corrected chi connectivity index (χ3v) is 5.40. The number of hydrogen-bond donors (Lipinski definition) is 1. The van der Waals surface area contributed by atoms with Crippen molar-refractivity contribution >= 4 is 10.9 Å². The van der Waals surface area contributed by atoms with Gasteiger partial charge in [-0.25, -0.2) is 0 Å². The van der Waals surface area contributed by atoms with Gasteiger partial charge in [0.25, 0.3) is 0 Å². The summed E-state index contributed by atoms with van der Waals surface area (Å²) >= 11 is 0. The molecular weight excluding hydrogens is 362 g/mol. The lowest BCUT2D eigenvalue weighted by atomic mass is 9.91. The lowest BCUT2D eigenvalue weighted by Crippen LogP contribution is -2.31. The number of aromatic nitrogens is 1. The van der Waals surface area contributed by atoms with Crippen molar-refractivity contribution in [1.29, 1.82) is 0 Å². The number of rotatable bonds is 7. The summed E-state index contributed by atoms with van der Waals surface area (Å²) in [7, 11) is 5.86. The zero-order valence-electron chi connectivity index (χ0n) is 17.4. The van der Waals surface area contributed by atoms with Crippen LogP contribution in [0.3, 0.4) is 0 Å². The summed E-state index contributed by atoms with van der Waals surface area (Å²) in [6, 6.07) is 16.8. The van der Waals surface area contributed by atoms with Gasteiger partial charge in [-0.2, -0.15) is 0 Å². The van der Waals surface area contributed by atoms with Crippen LogP contribution >= 0.6 is 0 Å². The van der Waals surface area contributed by atoms with E-state index >= 15 is 0 Å². The summed E-state index contributed by atoms with van der Waals surface area (Å²) in [5.41, 5.74) is 4.57. The van der Waals surface area contributed by atoms with Crippen molar-refractivity contribution in [3.63, 3.8) is 0 Å². The summed E-state index contributed by atoms with van der Waals surface area (Å²) < 4.78 is 11.7. The van der Waals surface area contributed by atoms with Crippen molar-refractivity contribution in [2.24, 2.45) is 0 Å². The molecule has 152 valence electrons. The van der Waals surface area contributed by atoms with Gasteiger partial charge in [0, 0.05) is 18.5 Å². The Hall–Kier alpha value is -2.63. The van der Waals surface area contributed by atoms with Crippen LogP contribution in [0.15, 0.2) is 48.5 Å². The maximum absolute atomic E-state index is 6.10. The molecule has 1 aromatic heterocycles. The van der Waals surface area contributed by atoms with Crippen LogP contribution in [0, 0.1) is 0 Å². The third-order valence-electron chi connectivity index (χ3n) is 5.40. The van der Waals surface area contributed by atoms with E-state index < -0.39 is 0 Å². The largest absolute Gasteiger partial charge is 0.493 e. The van der Waals surface area contributed by atoms with Crippen LogP contribution in [0.2, 0.25) is 0 Å². The van der Waals surface area contributed by atoms with Gasteiger partial charge >= 0.3 is 0 Å². The second-order valence-corrected chi connectivity index (χ2v) is 7.77. The molecule has 1 atom stereocenters. The van der Waals surface area contributed by atoms with Gasteiger partial charge in [-0.1, -0.05) is 24.3 Å². The van der Waals surface area contributed by atoms with E-state index in [1.807, 2.05) is 12.1 Å². The van der Waals surface area contributed by atoms with Gasteiger partial charge in [0.05, 0.1) is 31.0 Å². The van der Waals surface area contributed by atoms with E-state index in [1.165, 1.54) is 11.1 Å². The molecule has 0 fully saturated rings. The molecule has 1 aliphatic rings. The first-order valence-corrected chi connectivity index (χ1v) is 10.2. The van der Waals surface area contributed by atoms with Gasteiger partial charge in [-0.05, 0) is 62.3 Å². The normalized spacial score (nSPS) is 16.1. The molecule has 0 spiro atoms. The van der Waals surface area contributed by atoms with Crippen molar-refractivity contribution in [1.82, 2.24) is 15.2 Å². The fourth-order valence-electron chi connectivity index (χ4n) is 3.91. The number of benzene rings is 2. The molecule has 2 aromatic carbocycles. The Morgan fingerprint density at radius 2 is 1.97 bits per heavy atom. The van der Waals surface area contributed by atoms with Crippen molar-refractivity contribution in [3.8, 4) is 11.5 Å².